The van der Waals surface area contributed by atoms with Crippen LogP contribution in [-0.4, -0.2) is 11.9 Å². The quantitative estimate of drug-likeness (QED) is 0.860. The average Bonchev–Trinajstić information content (AvgIpc) is 3.29. The van der Waals surface area contributed by atoms with Gasteiger partial charge in [-0.2, -0.15) is 0 Å². The summed E-state index contributed by atoms with van der Waals surface area (Å²) in [7, 11) is 0. The standard InChI is InChI=1S/C23H25NO2/c1-14(19-13-15-10-11-16(19)12-15)24-23(25)22-17-6-2-4-8-20(17)26-21-9-5-3-7-18(21)22/h2-9,14-16,19,22H,10-13H2,1H3,(H,24,25)/t14-,15-,16-,19+/m1/s1. The number of carbonyl (C=O) groups is 1. The fourth-order valence-corrected chi connectivity index (χ4v) is 5.51. The highest BCUT2D eigenvalue weighted by Gasteiger charge is 2.43. The number of hydrogen-bond acceptors (Lipinski definition) is 2. The fourth-order valence-electron chi connectivity index (χ4n) is 5.51. The highest BCUT2D eigenvalue weighted by Crippen LogP contribution is 2.50. The summed E-state index contributed by atoms with van der Waals surface area (Å²) in [5, 5.41) is 3.36. The summed E-state index contributed by atoms with van der Waals surface area (Å²) in [6.45, 7) is 2.19. The summed E-state index contributed by atoms with van der Waals surface area (Å²) in [6.07, 6.45) is 5.39. The maximum atomic E-state index is 13.3. The van der Waals surface area contributed by atoms with Crippen molar-refractivity contribution in [1.82, 2.24) is 5.32 Å². The lowest BCUT2D eigenvalue weighted by Crippen LogP contribution is -2.43. The van der Waals surface area contributed by atoms with E-state index in [1.807, 2.05) is 48.5 Å². The van der Waals surface area contributed by atoms with Gasteiger partial charge in [-0.1, -0.05) is 42.8 Å². The zero-order valence-electron chi connectivity index (χ0n) is 15.2. The van der Waals surface area contributed by atoms with Crippen LogP contribution in [0.25, 0.3) is 0 Å². The van der Waals surface area contributed by atoms with E-state index < -0.39 is 0 Å². The molecule has 2 aromatic rings. The molecular weight excluding hydrogens is 322 g/mol. The fraction of sp³-hybridized carbons (Fsp3) is 0.435. The van der Waals surface area contributed by atoms with Gasteiger partial charge in [0.15, 0.2) is 0 Å². The predicted molar refractivity (Wildman–Crippen MR) is 101 cm³/mol. The Labute approximate surface area is 154 Å². The van der Waals surface area contributed by atoms with Crippen molar-refractivity contribution in [2.45, 2.75) is 44.6 Å². The molecular formula is C23H25NO2. The number of rotatable bonds is 3. The monoisotopic (exact) mass is 347 g/mol. The normalized spacial score (nSPS) is 27.3. The van der Waals surface area contributed by atoms with Crippen molar-refractivity contribution in [3.05, 3.63) is 59.7 Å². The van der Waals surface area contributed by atoms with Gasteiger partial charge in [-0.05, 0) is 56.1 Å². The van der Waals surface area contributed by atoms with Gasteiger partial charge in [0, 0.05) is 17.2 Å². The molecule has 2 bridgehead atoms. The van der Waals surface area contributed by atoms with Crippen LogP contribution in [0.2, 0.25) is 0 Å². The van der Waals surface area contributed by atoms with Gasteiger partial charge in [-0.3, -0.25) is 4.79 Å². The molecule has 0 unspecified atom stereocenters. The molecule has 0 radical (unpaired) electrons. The van der Waals surface area contributed by atoms with E-state index in [9.17, 15) is 4.79 Å². The van der Waals surface area contributed by atoms with E-state index in [1.54, 1.807) is 0 Å². The summed E-state index contributed by atoms with van der Waals surface area (Å²) in [4.78, 5) is 13.3. The number of ether oxygens (including phenoxy) is 1. The first-order valence-electron chi connectivity index (χ1n) is 9.87. The van der Waals surface area contributed by atoms with Crippen molar-refractivity contribution in [3.63, 3.8) is 0 Å². The number of fused-ring (bicyclic) bond motifs is 4. The molecule has 1 aliphatic heterocycles. The van der Waals surface area contributed by atoms with Gasteiger partial charge in [-0.25, -0.2) is 0 Å². The smallest absolute Gasteiger partial charge is 0.232 e. The first-order valence-corrected chi connectivity index (χ1v) is 9.87. The van der Waals surface area contributed by atoms with Gasteiger partial charge < -0.3 is 10.1 Å². The molecule has 26 heavy (non-hydrogen) atoms. The van der Waals surface area contributed by atoms with Crippen LogP contribution in [0.4, 0.5) is 0 Å². The maximum absolute atomic E-state index is 13.3. The second-order valence-electron chi connectivity index (χ2n) is 8.25. The Balaban J connectivity index is 1.43. The zero-order chi connectivity index (χ0) is 17.7. The van der Waals surface area contributed by atoms with E-state index in [2.05, 4.69) is 12.2 Å². The molecule has 1 amide bonds. The Bertz CT molecular complexity index is 800. The Morgan fingerprint density at radius 3 is 2.23 bits per heavy atom. The molecule has 134 valence electrons. The first kappa shape index (κ1) is 15.9. The Hall–Kier alpha value is -2.29. The molecule has 1 heterocycles. The molecule has 2 aliphatic carbocycles. The van der Waals surface area contributed by atoms with Crippen LogP contribution in [-0.2, 0) is 4.79 Å². The minimum atomic E-state index is -0.294. The lowest BCUT2D eigenvalue weighted by Gasteiger charge is -2.32. The van der Waals surface area contributed by atoms with E-state index in [-0.39, 0.29) is 17.9 Å². The number of para-hydroxylation sites is 2. The zero-order valence-corrected chi connectivity index (χ0v) is 15.2. The second-order valence-corrected chi connectivity index (χ2v) is 8.25. The largest absolute Gasteiger partial charge is 0.457 e. The van der Waals surface area contributed by atoms with Crippen molar-refractivity contribution in [1.29, 1.82) is 0 Å². The Morgan fingerprint density at radius 2 is 1.65 bits per heavy atom. The molecule has 1 N–H and O–H groups in total. The lowest BCUT2D eigenvalue weighted by molar-refractivity contribution is -0.122. The highest BCUT2D eigenvalue weighted by atomic mass is 16.5. The maximum Gasteiger partial charge on any atom is 0.232 e. The molecule has 2 aromatic carbocycles. The molecule has 3 nitrogen and oxygen atoms in total. The second kappa shape index (κ2) is 6.15. The Morgan fingerprint density at radius 1 is 1.00 bits per heavy atom. The van der Waals surface area contributed by atoms with E-state index in [0.29, 0.717) is 5.92 Å². The van der Waals surface area contributed by atoms with Crippen LogP contribution in [0.3, 0.4) is 0 Å². The van der Waals surface area contributed by atoms with E-state index >= 15 is 0 Å². The molecule has 5 rings (SSSR count). The predicted octanol–water partition coefficient (Wildman–Crippen LogP) is 4.87. The third-order valence-corrected chi connectivity index (χ3v) is 6.75. The van der Waals surface area contributed by atoms with Gasteiger partial charge in [0.25, 0.3) is 0 Å². The van der Waals surface area contributed by atoms with Gasteiger partial charge in [-0.15, -0.1) is 0 Å². The molecule has 2 fully saturated rings. The van der Waals surface area contributed by atoms with E-state index in [0.717, 1.165) is 34.5 Å². The van der Waals surface area contributed by atoms with Crippen LogP contribution in [0, 0.1) is 17.8 Å². The number of carbonyl (C=O) groups excluding carboxylic acids is 1. The molecule has 0 spiro atoms. The number of amides is 1. The van der Waals surface area contributed by atoms with Crippen LogP contribution < -0.4 is 10.1 Å². The lowest BCUT2D eigenvalue weighted by atomic mass is 9.83. The van der Waals surface area contributed by atoms with Crippen LogP contribution >= 0.6 is 0 Å². The molecule has 0 aromatic heterocycles. The molecule has 2 saturated carbocycles. The summed E-state index contributed by atoms with van der Waals surface area (Å²) < 4.78 is 6.02. The summed E-state index contributed by atoms with van der Waals surface area (Å²) in [5.41, 5.74) is 1.92. The summed E-state index contributed by atoms with van der Waals surface area (Å²) in [6, 6.07) is 16.0. The summed E-state index contributed by atoms with van der Waals surface area (Å²) >= 11 is 0. The van der Waals surface area contributed by atoms with Gasteiger partial charge in [0.1, 0.15) is 11.5 Å². The van der Waals surface area contributed by atoms with Crippen molar-refractivity contribution in [2.24, 2.45) is 17.8 Å². The third kappa shape index (κ3) is 2.53. The molecule has 3 aliphatic rings. The number of hydrogen-bond donors (Lipinski definition) is 1. The highest BCUT2D eigenvalue weighted by molar-refractivity contribution is 5.89. The van der Waals surface area contributed by atoms with Gasteiger partial charge >= 0.3 is 0 Å². The van der Waals surface area contributed by atoms with Crippen molar-refractivity contribution >= 4 is 5.91 Å². The van der Waals surface area contributed by atoms with Crippen molar-refractivity contribution < 1.29 is 9.53 Å². The van der Waals surface area contributed by atoms with Crippen LogP contribution in [0.1, 0.15) is 49.7 Å². The van der Waals surface area contributed by atoms with Gasteiger partial charge in [0.05, 0.1) is 5.92 Å². The SMILES string of the molecule is C[C@@H](NC(=O)C1c2ccccc2Oc2ccccc21)[C@@H]1C[C@@H]2CC[C@@H]1C2. The number of benzene rings is 2. The van der Waals surface area contributed by atoms with Crippen molar-refractivity contribution in [3.8, 4) is 11.5 Å². The molecule has 3 heteroatoms. The van der Waals surface area contributed by atoms with E-state index in [4.69, 9.17) is 4.74 Å². The number of nitrogens with one attached hydrogen (secondary N) is 1. The molecule has 0 saturated heterocycles. The molecule has 4 atom stereocenters. The van der Waals surface area contributed by atoms with E-state index in [1.165, 1.54) is 25.7 Å². The summed E-state index contributed by atoms with van der Waals surface area (Å²) in [5.74, 6) is 3.74. The Kier molecular flexibility index (Phi) is 3.77. The third-order valence-electron chi connectivity index (χ3n) is 6.75. The van der Waals surface area contributed by atoms with Gasteiger partial charge in [0.2, 0.25) is 5.91 Å². The van der Waals surface area contributed by atoms with Crippen LogP contribution in [0.5, 0.6) is 11.5 Å². The topological polar surface area (TPSA) is 38.3 Å². The van der Waals surface area contributed by atoms with Crippen molar-refractivity contribution in [2.75, 3.05) is 0 Å². The first-order chi connectivity index (χ1) is 12.7. The average molecular weight is 347 g/mol. The van der Waals surface area contributed by atoms with Crippen LogP contribution in [0.15, 0.2) is 48.5 Å². The minimum Gasteiger partial charge on any atom is -0.457 e. The minimum absolute atomic E-state index is 0.100.